The molecule has 0 spiro atoms. The maximum atomic E-state index is 9.81. The van der Waals surface area contributed by atoms with Crippen LogP contribution in [-0.2, 0) is 0 Å². The van der Waals surface area contributed by atoms with Crippen LogP contribution in [0.25, 0.3) is 10.8 Å². The summed E-state index contributed by atoms with van der Waals surface area (Å²) in [6.07, 6.45) is 8.33. The van der Waals surface area contributed by atoms with Gasteiger partial charge in [-0.2, -0.15) is 0 Å². The van der Waals surface area contributed by atoms with Crippen molar-refractivity contribution in [1.82, 2.24) is 15.0 Å². The Kier molecular flexibility index (Phi) is 7.01. The number of halogens is 1. The Morgan fingerprint density at radius 1 is 1.11 bits per heavy atom. The number of hydrogen-bond donors (Lipinski definition) is 2. The van der Waals surface area contributed by atoms with Gasteiger partial charge in [0.05, 0.1) is 24.2 Å². The number of rotatable bonds is 4. The molecular weight excluding hydrogens is 376 g/mol. The molecule has 7 heteroatoms. The molecule has 1 aliphatic rings. The van der Waals surface area contributed by atoms with Crippen molar-refractivity contribution in [2.75, 3.05) is 5.32 Å². The molecule has 2 atom stereocenters. The summed E-state index contributed by atoms with van der Waals surface area (Å²) in [6, 6.07) is 7.87. The van der Waals surface area contributed by atoms with E-state index in [9.17, 15) is 5.11 Å². The fourth-order valence-corrected chi connectivity index (χ4v) is 3.36. The van der Waals surface area contributed by atoms with Gasteiger partial charge in [0.2, 0.25) is 5.28 Å². The minimum absolute atomic E-state index is 0.0712. The number of ether oxygens (including phenoxy) is 1. The van der Waals surface area contributed by atoms with E-state index in [1.54, 1.807) is 18.6 Å². The van der Waals surface area contributed by atoms with Crippen molar-refractivity contribution in [2.45, 2.75) is 51.7 Å². The Morgan fingerprint density at radius 2 is 1.89 bits per heavy atom. The number of hydrogen-bond acceptors (Lipinski definition) is 6. The molecule has 28 heavy (non-hydrogen) atoms. The van der Waals surface area contributed by atoms with Crippen molar-refractivity contribution < 1.29 is 9.84 Å². The summed E-state index contributed by atoms with van der Waals surface area (Å²) in [5.41, 5.74) is 0.714. The van der Waals surface area contributed by atoms with Crippen LogP contribution < -0.4 is 10.1 Å². The molecule has 3 aromatic rings. The molecule has 0 aliphatic heterocycles. The predicted molar refractivity (Wildman–Crippen MR) is 112 cm³/mol. The lowest BCUT2D eigenvalue weighted by molar-refractivity contribution is 0.0537. The molecule has 2 unspecified atom stereocenters. The van der Waals surface area contributed by atoms with E-state index in [1.165, 1.54) is 0 Å². The van der Waals surface area contributed by atoms with Crippen LogP contribution in [0.4, 0.5) is 11.5 Å². The second-order valence-electron chi connectivity index (χ2n) is 6.47. The first-order valence-electron chi connectivity index (χ1n) is 9.65. The van der Waals surface area contributed by atoms with Gasteiger partial charge in [-0.15, -0.1) is 0 Å². The van der Waals surface area contributed by atoms with Crippen LogP contribution in [0.2, 0.25) is 5.28 Å². The Balaban J connectivity index is 0.00000109. The lowest BCUT2D eigenvalue weighted by Gasteiger charge is -2.26. The molecule has 1 aliphatic carbocycles. The van der Waals surface area contributed by atoms with Gasteiger partial charge in [0.15, 0.2) is 0 Å². The van der Waals surface area contributed by atoms with E-state index < -0.39 is 0 Å². The molecule has 6 nitrogen and oxygen atoms in total. The van der Waals surface area contributed by atoms with Crippen molar-refractivity contribution >= 4 is 33.9 Å². The fourth-order valence-electron chi connectivity index (χ4n) is 3.26. The second kappa shape index (κ2) is 9.66. The summed E-state index contributed by atoms with van der Waals surface area (Å²) in [5.74, 6) is 1.52. The monoisotopic (exact) mass is 400 g/mol. The normalized spacial score (nSPS) is 18.9. The molecule has 1 fully saturated rings. The molecule has 0 radical (unpaired) electrons. The largest absolute Gasteiger partial charge is 0.490 e. The average molecular weight is 401 g/mol. The summed E-state index contributed by atoms with van der Waals surface area (Å²) in [7, 11) is 0. The van der Waals surface area contributed by atoms with Gasteiger partial charge in [-0.3, -0.25) is 0 Å². The van der Waals surface area contributed by atoms with Crippen molar-refractivity contribution in [1.29, 1.82) is 0 Å². The van der Waals surface area contributed by atoms with Crippen LogP contribution in [0.15, 0.2) is 42.9 Å². The molecular formula is C21H25ClN4O2. The molecule has 148 valence electrons. The number of aliphatic hydroxyl groups is 1. The van der Waals surface area contributed by atoms with Crippen LogP contribution in [-0.4, -0.2) is 32.3 Å². The first-order valence-corrected chi connectivity index (χ1v) is 10.0. The SMILES string of the molecule is CC.OC1CCCC(Oc2ccc3c(Nc4cnc(Cl)nc4)nccc3c2)C1. The average Bonchev–Trinajstić information content (AvgIpc) is 2.71. The van der Waals surface area contributed by atoms with Crippen LogP contribution >= 0.6 is 11.6 Å². The number of aromatic nitrogens is 3. The molecule has 1 saturated carbocycles. The van der Waals surface area contributed by atoms with Crippen molar-refractivity contribution in [3.8, 4) is 5.75 Å². The molecule has 2 heterocycles. The van der Waals surface area contributed by atoms with E-state index in [1.807, 2.05) is 38.1 Å². The number of pyridine rings is 1. The van der Waals surface area contributed by atoms with Gasteiger partial charge < -0.3 is 15.2 Å². The number of nitrogens with one attached hydrogen (secondary N) is 1. The second-order valence-corrected chi connectivity index (χ2v) is 6.81. The molecule has 0 amide bonds. The number of benzene rings is 1. The van der Waals surface area contributed by atoms with Gasteiger partial charge in [0.1, 0.15) is 17.7 Å². The van der Waals surface area contributed by atoms with E-state index in [0.29, 0.717) is 17.9 Å². The predicted octanol–water partition coefficient (Wildman–Crippen LogP) is 5.13. The molecule has 0 bridgehead atoms. The summed E-state index contributed by atoms with van der Waals surface area (Å²) in [5, 5.41) is 15.2. The van der Waals surface area contributed by atoms with E-state index in [4.69, 9.17) is 16.3 Å². The van der Waals surface area contributed by atoms with E-state index in [2.05, 4.69) is 20.3 Å². The third-order valence-corrected chi connectivity index (χ3v) is 4.72. The maximum absolute atomic E-state index is 9.81. The molecule has 2 aromatic heterocycles. The summed E-state index contributed by atoms with van der Waals surface area (Å²) in [6.45, 7) is 4.00. The third kappa shape index (κ3) is 5.09. The van der Waals surface area contributed by atoms with E-state index >= 15 is 0 Å². The summed E-state index contributed by atoms with van der Waals surface area (Å²) < 4.78 is 6.07. The van der Waals surface area contributed by atoms with Crippen LogP contribution in [0.5, 0.6) is 5.75 Å². The van der Waals surface area contributed by atoms with Crippen molar-refractivity contribution in [3.63, 3.8) is 0 Å². The van der Waals surface area contributed by atoms with E-state index in [0.717, 1.165) is 35.8 Å². The van der Waals surface area contributed by atoms with E-state index in [-0.39, 0.29) is 17.5 Å². The quantitative estimate of drug-likeness (QED) is 0.591. The van der Waals surface area contributed by atoms with Gasteiger partial charge in [-0.25, -0.2) is 15.0 Å². The highest BCUT2D eigenvalue weighted by atomic mass is 35.5. The first kappa shape index (κ1) is 20.3. The number of aliphatic hydroxyl groups excluding tert-OH is 1. The minimum Gasteiger partial charge on any atom is -0.490 e. The summed E-state index contributed by atoms with van der Waals surface area (Å²) in [4.78, 5) is 12.3. The Labute approximate surface area is 170 Å². The third-order valence-electron chi connectivity index (χ3n) is 4.52. The van der Waals surface area contributed by atoms with Crippen LogP contribution in [0.1, 0.15) is 39.5 Å². The minimum atomic E-state index is -0.254. The molecule has 4 rings (SSSR count). The number of anilines is 2. The number of fused-ring (bicyclic) bond motifs is 1. The lowest BCUT2D eigenvalue weighted by atomic mass is 9.95. The Hall–Kier alpha value is -2.44. The zero-order chi connectivity index (χ0) is 19.9. The highest BCUT2D eigenvalue weighted by Crippen LogP contribution is 2.29. The lowest BCUT2D eigenvalue weighted by Crippen LogP contribution is -2.28. The van der Waals surface area contributed by atoms with Gasteiger partial charge in [0, 0.05) is 18.0 Å². The highest BCUT2D eigenvalue weighted by molar-refractivity contribution is 6.28. The van der Waals surface area contributed by atoms with Gasteiger partial charge in [-0.1, -0.05) is 13.8 Å². The van der Waals surface area contributed by atoms with Crippen molar-refractivity contribution in [3.05, 3.63) is 48.1 Å². The smallest absolute Gasteiger partial charge is 0.222 e. The van der Waals surface area contributed by atoms with Gasteiger partial charge in [-0.05, 0) is 60.5 Å². The zero-order valence-corrected chi connectivity index (χ0v) is 16.9. The highest BCUT2D eigenvalue weighted by Gasteiger charge is 2.21. The van der Waals surface area contributed by atoms with Crippen LogP contribution in [0.3, 0.4) is 0 Å². The van der Waals surface area contributed by atoms with Crippen LogP contribution in [0, 0.1) is 0 Å². The van der Waals surface area contributed by atoms with Gasteiger partial charge in [0.25, 0.3) is 0 Å². The first-order chi connectivity index (χ1) is 13.7. The van der Waals surface area contributed by atoms with Crippen molar-refractivity contribution in [2.24, 2.45) is 0 Å². The Bertz CT molecular complexity index is 905. The standard InChI is InChI=1S/C19H19ClN4O2.C2H6/c20-19-22-10-13(11-23-19)24-18-17-5-4-16(8-12(17)6-7-21-18)26-15-3-1-2-14(25)9-15;1-2/h4-8,10-11,14-15,25H,1-3,9H2,(H,21,24);1-2H3. The fraction of sp³-hybridized carbons (Fsp3) is 0.381. The zero-order valence-electron chi connectivity index (χ0n) is 16.1. The van der Waals surface area contributed by atoms with Gasteiger partial charge >= 0.3 is 0 Å². The molecule has 0 saturated heterocycles. The topological polar surface area (TPSA) is 80.2 Å². The molecule has 2 N–H and O–H groups in total. The molecule has 1 aromatic carbocycles. The maximum Gasteiger partial charge on any atom is 0.222 e. The number of nitrogens with zero attached hydrogens (tertiary/aromatic N) is 3. The summed E-state index contributed by atoms with van der Waals surface area (Å²) >= 11 is 5.72. The Morgan fingerprint density at radius 3 is 2.64 bits per heavy atom.